The van der Waals surface area contributed by atoms with Crippen LogP contribution in [0.15, 0.2) is 12.7 Å². The summed E-state index contributed by atoms with van der Waals surface area (Å²) in [5.74, 6) is -3.02. The van der Waals surface area contributed by atoms with Gasteiger partial charge >= 0.3 is 12.0 Å². The van der Waals surface area contributed by atoms with E-state index in [9.17, 15) is 28.8 Å². The molecule has 5 atom stereocenters. The zero-order valence-corrected chi connectivity index (χ0v) is 26.1. The number of carbonyl (C=O) groups excluding carboxylic acids is 6. The van der Waals surface area contributed by atoms with Gasteiger partial charge in [0.2, 0.25) is 17.6 Å². The number of nitrogens with zero attached hydrogens (tertiary/aromatic N) is 1. The predicted molar refractivity (Wildman–Crippen MR) is 157 cm³/mol. The third-order valence-electron chi connectivity index (χ3n) is 7.69. The molecule has 236 valence electrons. The van der Waals surface area contributed by atoms with E-state index in [0.29, 0.717) is 18.8 Å². The van der Waals surface area contributed by atoms with Crippen LogP contribution in [0.2, 0.25) is 0 Å². The minimum Gasteiger partial charge on any atom is -0.461 e. The van der Waals surface area contributed by atoms with Crippen molar-refractivity contribution in [2.75, 3.05) is 13.1 Å². The Labute approximate surface area is 249 Å². The quantitative estimate of drug-likeness (QED) is 0.136. The lowest BCUT2D eigenvalue weighted by Gasteiger charge is -2.36. The standard InChI is InChI=1S/C30H49N5O7/c1-9-15-31-26(38)23(36)20(10-2)32-25(37)21-12-11-16-35(21)27(39)24(30(6,7)8)34-29(41)33-22(17(3)4)28(40)42-18(5)19-13-14-19/h9,17-22,24H,1,10-16H2,2-8H3,(H,31,38)(H,32,37)(H2,33,34,41). The summed E-state index contributed by atoms with van der Waals surface area (Å²) < 4.78 is 5.58. The van der Waals surface area contributed by atoms with E-state index in [-0.39, 0.29) is 31.5 Å². The van der Waals surface area contributed by atoms with E-state index >= 15 is 0 Å². The molecule has 5 unspecified atom stereocenters. The summed E-state index contributed by atoms with van der Waals surface area (Å²) in [7, 11) is 0. The van der Waals surface area contributed by atoms with Crippen LogP contribution in [-0.4, -0.2) is 83.8 Å². The van der Waals surface area contributed by atoms with E-state index in [4.69, 9.17) is 4.74 Å². The second kappa shape index (κ2) is 15.2. The number of esters is 1. The number of ether oxygens (including phenoxy) is 1. The Morgan fingerprint density at radius 3 is 2.17 bits per heavy atom. The molecule has 0 aromatic carbocycles. The van der Waals surface area contributed by atoms with Gasteiger partial charge in [-0.3, -0.25) is 19.2 Å². The number of amides is 5. The van der Waals surface area contributed by atoms with Crippen LogP contribution < -0.4 is 21.3 Å². The van der Waals surface area contributed by atoms with E-state index in [0.717, 1.165) is 12.8 Å². The van der Waals surface area contributed by atoms with Crippen LogP contribution in [0.4, 0.5) is 4.79 Å². The van der Waals surface area contributed by atoms with Crippen LogP contribution >= 0.6 is 0 Å². The van der Waals surface area contributed by atoms with Gasteiger partial charge < -0.3 is 30.9 Å². The minimum absolute atomic E-state index is 0.118. The molecule has 0 aromatic rings. The first-order valence-corrected chi connectivity index (χ1v) is 14.9. The second-order valence-corrected chi connectivity index (χ2v) is 12.6. The molecule has 1 aliphatic carbocycles. The number of urea groups is 1. The van der Waals surface area contributed by atoms with Crippen molar-refractivity contribution >= 4 is 35.5 Å². The van der Waals surface area contributed by atoms with Gasteiger partial charge in [-0.05, 0) is 56.3 Å². The Hall–Kier alpha value is -3.44. The molecule has 12 heteroatoms. The smallest absolute Gasteiger partial charge is 0.329 e. The topological polar surface area (TPSA) is 163 Å². The fourth-order valence-corrected chi connectivity index (χ4v) is 4.88. The van der Waals surface area contributed by atoms with Crippen molar-refractivity contribution in [3.05, 3.63) is 12.7 Å². The van der Waals surface area contributed by atoms with Gasteiger partial charge in [-0.25, -0.2) is 9.59 Å². The Morgan fingerprint density at radius 2 is 1.64 bits per heavy atom. The summed E-state index contributed by atoms with van der Waals surface area (Å²) in [5.41, 5.74) is -0.739. The van der Waals surface area contributed by atoms with Gasteiger partial charge in [0.15, 0.2) is 0 Å². The fourth-order valence-electron chi connectivity index (χ4n) is 4.88. The molecule has 12 nitrogen and oxygen atoms in total. The SMILES string of the molecule is C=CCNC(=O)C(=O)C(CC)NC(=O)C1CCCN1C(=O)C(NC(=O)NC(C(=O)OC(C)C1CC1)C(C)C)C(C)(C)C. The Morgan fingerprint density at radius 1 is 1.00 bits per heavy atom. The number of rotatable bonds is 14. The van der Waals surface area contributed by atoms with Crippen molar-refractivity contribution in [2.45, 2.75) is 111 Å². The molecular weight excluding hydrogens is 542 g/mol. The zero-order valence-electron chi connectivity index (χ0n) is 26.1. The van der Waals surface area contributed by atoms with Gasteiger partial charge in [-0.1, -0.05) is 47.6 Å². The van der Waals surface area contributed by atoms with Crippen molar-refractivity contribution in [1.82, 2.24) is 26.2 Å². The molecule has 0 aromatic heterocycles. The summed E-state index contributed by atoms with van der Waals surface area (Å²) >= 11 is 0. The van der Waals surface area contributed by atoms with Gasteiger partial charge in [0, 0.05) is 13.1 Å². The first-order valence-electron chi connectivity index (χ1n) is 14.9. The largest absolute Gasteiger partial charge is 0.461 e. The Kier molecular flexibility index (Phi) is 12.5. The molecule has 1 saturated heterocycles. The van der Waals surface area contributed by atoms with Gasteiger partial charge in [0.1, 0.15) is 24.2 Å². The molecule has 2 aliphatic rings. The van der Waals surface area contributed by atoms with E-state index in [1.54, 1.807) is 41.5 Å². The second-order valence-electron chi connectivity index (χ2n) is 12.6. The monoisotopic (exact) mass is 591 g/mol. The Bertz CT molecular complexity index is 1030. The molecular formula is C30H49N5O7. The molecule has 1 saturated carbocycles. The molecule has 4 N–H and O–H groups in total. The number of Topliss-reactive ketones (excluding diaryl/α,β-unsaturated/α-hetero) is 1. The molecule has 42 heavy (non-hydrogen) atoms. The maximum Gasteiger partial charge on any atom is 0.329 e. The lowest BCUT2D eigenvalue weighted by Crippen LogP contribution is -2.61. The predicted octanol–water partition coefficient (Wildman–Crippen LogP) is 1.82. The number of hydrogen-bond donors (Lipinski definition) is 4. The Balaban J connectivity index is 2.12. The highest BCUT2D eigenvalue weighted by atomic mass is 16.5. The summed E-state index contributed by atoms with van der Waals surface area (Å²) in [4.78, 5) is 79.1. The number of nitrogens with one attached hydrogen (secondary N) is 4. The number of hydrogen-bond acceptors (Lipinski definition) is 7. The van der Waals surface area contributed by atoms with E-state index in [1.807, 2.05) is 6.92 Å². The third kappa shape index (κ3) is 9.55. The molecule has 0 radical (unpaired) electrons. The number of likely N-dealkylation sites (tertiary alicyclic amines) is 1. The average molecular weight is 592 g/mol. The maximum absolute atomic E-state index is 13.8. The summed E-state index contributed by atoms with van der Waals surface area (Å²) in [5, 5.41) is 10.4. The maximum atomic E-state index is 13.8. The van der Waals surface area contributed by atoms with Crippen LogP contribution in [0.25, 0.3) is 0 Å². The summed E-state index contributed by atoms with van der Waals surface area (Å²) in [6.07, 6.45) is 4.36. The highest BCUT2D eigenvalue weighted by Gasteiger charge is 2.43. The normalized spacial score (nSPS) is 19.6. The molecule has 0 bridgehead atoms. The van der Waals surface area contributed by atoms with Crippen molar-refractivity contribution in [3.8, 4) is 0 Å². The van der Waals surface area contributed by atoms with Gasteiger partial charge in [-0.2, -0.15) is 0 Å². The fraction of sp³-hybridized carbons (Fsp3) is 0.733. The van der Waals surface area contributed by atoms with Crippen molar-refractivity contribution in [2.24, 2.45) is 17.3 Å². The van der Waals surface area contributed by atoms with E-state index in [2.05, 4.69) is 27.8 Å². The summed E-state index contributed by atoms with van der Waals surface area (Å²) in [6.45, 7) is 16.4. The first kappa shape index (κ1) is 34.8. The molecule has 2 fully saturated rings. The van der Waals surface area contributed by atoms with Gasteiger partial charge in [0.25, 0.3) is 5.91 Å². The lowest BCUT2D eigenvalue weighted by atomic mass is 9.85. The van der Waals surface area contributed by atoms with Crippen molar-refractivity contribution in [3.63, 3.8) is 0 Å². The number of carbonyl (C=O) groups is 6. The number of ketones is 1. The highest BCUT2D eigenvalue weighted by Crippen LogP contribution is 2.34. The molecule has 2 rings (SSSR count). The zero-order chi connectivity index (χ0) is 31.8. The average Bonchev–Trinajstić information content (AvgIpc) is 3.66. The summed E-state index contributed by atoms with van der Waals surface area (Å²) in [6, 6.07) is -4.53. The van der Waals surface area contributed by atoms with Crippen LogP contribution in [0.5, 0.6) is 0 Å². The van der Waals surface area contributed by atoms with E-state index < -0.39 is 65.1 Å². The van der Waals surface area contributed by atoms with Gasteiger partial charge in [-0.15, -0.1) is 6.58 Å². The minimum atomic E-state index is -1.04. The van der Waals surface area contributed by atoms with Crippen LogP contribution in [-0.2, 0) is 28.7 Å². The van der Waals surface area contributed by atoms with Crippen LogP contribution in [0.3, 0.4) is 0 Å². The first-order chi connectivity index (χ1) is 19.6. The highest BCUT2D eigenvalue weighted by molar-refractivity contribution is 6.38. The van der Waals surface area contributed by atoms with Crippen molar-refractivity contribution in [1.29, 1.82) is 0 Å². The van der Waals surface area contributed by atoms with Crippen molar-refractivity contribution < 1.29 is 33.5 Å². The lowest BCUT2D eigenvalue weighted by molar-refractivity contribution is -0.152. The van der Waals surface area contributed by atoms with E-state index in [1.165, 1.54) is 11.0 Å². The molecule has 0 spiro atoms. The molecule has 1 heterocycles. The molecule has 1 aliphatic heterocycles. The van der Waals surface area contributed by atoms with Gasteiger partial charge in [0.05, 0.1) is 6.04 Å². The van der Waals surface area contributed by atoms with Crippen LogP contribution in [0, 0.1) is 17.3 Å². The third-order valence-corrected chi connectivity index (χ3v) is 7.69. The molecule has 5 amide bonds. The van der Waals surface area contributed by atoms with Crippen LogP contribution in [0.1, 0.15) is 80.6 Å².